The fourth-order valence-corrected chi connectivity index (χ4v) is 4.44. The fourth-order valence-electron chi connectivity index (χ4n) is 3.67. The number of thioether (sulfide) groups is 1. The van der Waals surface area contributed by atoms with Gasteiger partial charge in [0.25, 0.3) is 0 Å². The van der Waals surface area contributed by atoms with E-state index in [0.29, 0.717) is 24.4 Å². The third kappa shape index (κ3) is 5.70. The lowest BCUT2D eigenvalue weighted by atomic mass is 9.89. The molecule has 2 aliphatic heterocycles. The van der Waals surface area contributed by atoms with Gasteiger partial charge >= 0.3 is 0 Å². The maximum absolute atomic E-state index is 12.1. The summed E-state index contributed by atoms with van der Waals surface area (Å²) in [5.74, 6) is 1.76. The summed E-state index contributed by atoms with van der Waals surface area (Å²) >= 11 is 1.80. The van der Waals surface area contributed by atoms with E-state index < -0.39 is 0 Å². The van der Waals surface area contributed by atoms with Crippen LogP contribution < -0.4 is 10.6 Å². The smallest absolute Gasteiger partial charge is 0.220 e. The molecule has 23 heavy (non-hydrogen) atoms. The van der Waals surface area contributed by atoms with Crippen LogP contribution in [0.25, 0.3) is 0 Å². The standard InChI is InChI=1S/C18H26N2OS.ClH/c1-13-2-6-17(7-3-13)22-9-8-19-18(21)12-14-10-15-4-5-16(11-14)20-15;/h2-3,6-7,14-16,20H,4-5,8-12H2,1H3,(H,19,21);1H. The Kier molecular flexibility index (Phi) is 7.25. The molecule has 1 aromatic carbocycles. The summed E-state index contributed by atoms with van der Waals surface area (Å²) in [4.78, 5) is 13.3. The number of aryl methyl sites for hydroxylation is 1. The number of fused-ring (bicyclic) bond motifs is 2. The van der Waals surface area contributed by atoms with Crippen molar-refractivity contribution in [1.82, 2.24) is 10.6 Å². The van der Waals surface area contributed by atoms with Crippen LogP contribution in [-0.4, -0.2) is 30.3 Å². The van der Waals surface area contributed by atoms with Gasteiger partial charge in [-0.2, -0.15) is 0 Å². The molecule has 0 spiro atoms. The predicted molar refractivity (Wildman–Crippen MR) is 99.4 cm³/mol. The van der Waals surface area contributed by atoms with E-state index >= 15 is 0 Å². The molecule has 0 aliphatic carbocycles. The first-order valence-corrected chi connectivity index (χ1v) is 9.40. The van der Waals surface area contributed by atoms with Gasteiger partial charge in [0.15, 0.2) is 0 Å². The summed E-state index contributed by atoms with van der Waals surface area (Å²) in [5, 5.41) is 6.71. The van der Waals surface area contributed by atoms with E-state index in [1.165, 1.54) is 36.1 Å². The molecule has 2 atom stereocenters. The molecule has 2 fully saturated rings. The minimum Gasteiger partial charge on any atom is -0.355 e. The van der Waals surface area contributed by atoms with Crippen LogP contribution in [0.15, 0.2) is 29.2 Å². The van der Waals surface area contributed by atoms with E-state index in [1.807, 2.05) is 0 Å². The van der Waals surface area contributed by atoms with Crippen molar-refractivity contribution in [2.24, 2.45) is 5.92 Å². The maximum atomic E-state index is 12.1. The number of rotatable bonds is 6. The van der Waals surface area contributed by atoms with Crippen molar-refractivity contribution in [2.75, 3.05) is 12.3 Å². The Labute approximate surface area is 149 Å². The quantitative estimate of drug-likeness (QED) is 0.606. The highest BCUT2D eigenvalue weighted by Crippen LogP contribution is 2.32. The van der Waals surface area contributed by atoms with Crippen molar-refractivity contribution >= 4 is 30.1 Å². The Balaban J connectivity index is 0.00000192. The molecule has 3 nitrogen and oxygen atoms in total. The topological polar surface area (TPSA) is 41.1 Å². The van der Waals surface area contributed by atoms with Crippen molar-refractivity contribution in [1.29, 1.82) is 0 Å². The number of nitrogens with one attached hydrogen (secondary N) is 2. The van der Waals surface area contributed by atoms with Gasteiger partial charge in [-0.3, -0.25) is 4.79 Å². The van der Waals surface area contributed by atoms with E-state index in [-0.39, 0.29) is 18.3 Å². The first-order valence-electron chi connectivity index (χ1n) is 8.41. The van der Waals surface area contributed by atoms with E-state index in [1.54, 1.807) is 11.8 Å². The second-order valence-corrected chi connectivity index (χ2v) is 7.86. The van der Waals surface area contributed by atoms with Gasteiger partial charge < -0.3 is 10.6 Å². The molecule has 2 bridgehead atoms. The Hall–Kier alpha value is -0.710. The van der Waals surface area contributed by atoms with Gasteiger partial charge in [-0.1, -0.05) is 17.7 Å². The van der Waals surface area contributed by atoms with Gasteiger partial charge in [0.2, 0.25) is 5.91 Å². The normalized spacial score (nSPS) is 25.7. The molecule has 2 aliphatic rings. The van der Waals surface area contributed by atoms with Crippen molar-refractivity contribution in [2.45, 2.75) is 56.0 Å². The van der Waals surface area contributed by atoms with Gasteiger partial charge in [0, 0.05) is 35.7 Å². The van der Waals surface area contributed by atoms with Gasteiger partial charge in [-0.05, 0) is 50.7 Å². The molecule has 1 amide bonds. The van der Waals surface area contributed by atoms with Crippen molar-refractivity contribution in [3.63, 3.8) is 0 Å². The Morgan fingerprint density at radius 1 is 1.22 bits per heavy atom. The molecule has 2 heterocycles. The van der Waals surface area contributed by atoms with Crippen LogP contribution >= 0.6 is 24.2 Å². The number of carbonyl (C=O) groups excluding carboxylic acids is 1. The molecule has 128 valence electrons. The third-order valence-corrected chi connectivity index (χ3v) is 5.77. The summed E-state index contributed by atoms with van der Waals surface area (Å²) in [6.45, 7) is 2.86. The van der Waals surface area contributed by atoms with Crippen LogP contribution in [0.3, 0.4) is 0 Å². The predicted octanol–water partition coefficient (Wildman–Crippen LogP) is 3.55. The van der Waals surface area contributed by atoms with E-state index in [4.69, 9.17) is 0 Å². The van der Waals surface area contributed by atoms with Crippen LogP contribution in [0, 0.1) is 12.8 Å². The van der Waals surface area contributed by atoms with Crippen LogP contribution in [0.5, 0.6) is 0 Å². The van der Waals surface area contributed by atoms with Gasteiger partial charge in [0.1, 0.15) is 0 Å². The minimum atomic E-state index is 0. The van der Waals surface area contributed by atoms with Crippen molar-refractivity contribution < 1.29 is 4.79 Å². The molecule has 2 N–H and O–H groups in total. The summed E-state index contributed by atoms with van der Waals surface area (Å²) in [7, 11) is 0. The number of amides is 1. The third-order valence-electron chi connectivity index (χ3n) is 4.76. The SMILES string of the molecule is Cc1ccc(SCCNC(=O)CC2CC3CCC(C2)N3)cc1.Cl. The highest BCUT2D eigenvalue weighted by molar-refractivity contribution is 7.99. The molecular formula is C18H27ClN2OS. The Morgan fingerprint density at radius 3 is 2.52 bits per heavy atom. The number of piperidine rings is 1. The van der Waals surface area contributed by atoms with Crippen LogP contribution in [-0.2, 0) is 4.79 Å². The number of hydrogen-bond donors (Lipinski definition) is 2. The highest BCUT2D eigenvalue weighted by Gasteiger charge is 2.33. The van der Waals surface area contributed by atoms with Crippen LogP contribution in [0.2, 0.25) is 0 Å². The summed E-state index contributed by atoms with van der Waals surface area (Å²) in [5.41, 5.74) is 1.29. The number of hydrogen-bond acceptors (Lipinski definition) is 3. The first-order chi connectivity index (χ1) is 10.7. The van der Waals surface area contributed by atoms with Gasteiger partial charge in [0.05, 0.1) is 0 Å². The largest absolute Gasteiger partial charge is 0.355 e. The van der Waals surface area contributed by atoms with Crippen molar-refractivity contribution in [3.8, 4) is 0 Å². The monoisotopic (exact) mass is 354 g/mol. The second kappa shape index (κ2) is 8.95. The summed E-state index contributed by atoms with van der Waals surface area (Å²) in [6, 6.07) is 9.90. The van der Waals surface area contributed by atoms with Crippen molar-refractivity contribution in [3.05, 3.63) is 29.8 Å². The van der Waals surface area contributed by atoms with Crippen LogP contribution in [0.1, 0.15) is 37.7 Å². The van der Waals surface area contributed by atoms with Crippen LogP contribution in [0.4, 0.5) is 0 Å². The molecule has 2 saturated heterocycles. The number of halogens is 1. The Bertz CT molecular complexity index is 496. The van der Waals surface area contributed by atoms with Gasteiger partial charge in [-0.25, -0.2) is 0 Å². The lowest BCUT2D eigenvalue weighted by Crippen LogP contribution is -2.39. The summed E-state index contributed by atoms with van der Waals surface area (Å²) in [6.07, 6.45) is 5.68. The van der Waals surface area contributed by atoms with Gasteiger partial charge in [-0.15, -0.1) is 24.2 Å². The molecule has 0 aromatic heterocycles. The maximum Gasteiger partial charge on any atom is 0.220 e. The number of carbonyl (C=O) groups is 1. The zero-order valence-corrected chi connectivity index (χ0v) is 15.3. The zero-order chi connectivity index (χ0) is 15.4. The second-order valence-electron chi connectivity index (χ2n) is 6.69. The molecule has 3 rings (SSSR count). The zero-order valence-electron chi connectivity index (χ0n) is 13.7. The van der Waals surface area contributed by atoms with E-state index in [9.17, 15) is 4.79 Å². The molecule has 1 aromatic rings. The van der Waals surface area contributed by atoms with E-state index in [2.05, 4.69) is 41.8 Å². The molecule has 0 radical (unpaired) electrons. The first kappa shape index (κ1) is 18.6. The lowest BCUT2D eigenvalue weighted by molar-refractivity contribution is -0.122. The highest BCUT2D eigenvalue weighted by atomic mass is 35.5. The lowest BCUT2D eigenvalue weighted by Gasteiger charge is -2.28. The average Bonchev–Trinajstić information content (AvgIpc) is 2.84. The fraction of sp³-hybridized carbons (Fsp3) is 0.611. The Morgan fingerprint density at radius 2 is 1.87 bits per heavy atom. The molecule has 0 saturated carbocycles. The average molecular weight is 355 g/mol. The molecular weight excluding hydrogens is 328 g/mol. The summed E-state index contributed by atoms with van der Waals surface area (Å²) < 4.78 is 0. The minimum absolute atomic E-state index is 0. The molecule has 2 unspecified atom stereocenters. The van der Waals surface area contributed by atoms with E-state index in [0.717, 1.165) is 12.3 Å². The molecule has 5 heteroatoms. The number of benzene rings is 1.